The summed E-state index contributed by atoms with van der Waals surface area (Å²) in [6.07, 6.45) is 1.18. The average Bonchev–Trinajstić information content (AvgIpc) is 2.41. The largest absolute Gasteiger partial charge is 0.492 e. The molecule has 0 saturated heterocycles. The molecule has 4 nitrogen and oxygen atoms in total. The maximum atomic E-state index is 11.5. The molecule has 1 atom stereocenters. The fourth-order valence-corrected chi connectivity index (χ4v) is 1.86. The molecule has 0 aromatic heterocycles. The lowest BCUT2D eigenvalue weighted by atomic mass is 9.87. The maximum Gasteiger partial charge on any atom is 0.220 e. The summed E-state index contributed by atoms with van der Waals surface area (Å²) in [6.45, 7) is 9.40. The van der Waals surface area contributed by atoms with Gasteiger partial charge in [0, 0.05) is 12.5 Å². The summed E-state index contributed by atoms with van der Waals surface area (Å²) in [6, 6.07) is 8.15. The minimum atomic E-state index is 0. The van der Waals surface area contributed by atoms with Gasteiger partial charge in [-0.3, -0.25) is 4.79 Å². The van der Waals surface area contributed by atoms with Gasteiger partial charge in [0.15, 0.2) is 0 Å². The number of carbonyl (C=O) groups is 1. The summed E-state index contributed by atoms with van der Waals surface area (Å²) in [7, 11) is 0. The van der Waals surface area contributed by atoms with Crippen molar-refractivity contribution in [1.29, 1.82) is 0 Å². The number of nitrogens with one attached hydrogen (secondary N) is 1. The summed E-state index contributed by atoms with van der Waals surface area (Å²) < 4.78 is 5.68. The predicted octanol–water partition coefficient (Wildman–Crippen LogP) is 3.03. The second-order valence-corrected chi connectivity index (χ2v) is 6.49. The monoisotopic (exact) mass is 328 g/mol. The molecule has 0 aliphatic heterocycles. The molecule has 126 valence electrons. The Hall–Kier alpha value is -1.26. The van der Waals surface area contributed by atoms with Gasteiger partial charge >= 0.3 is 0 Å². The SMILES string of the molecule is CC(N)CCC(=O)NCCOc1cccc(C(C)(C)C)c1.Cl. The Kier molecular flexibility index (Phi) is 9.14. The van der Waals surface area contributed by atoms with Crippen LogP contribution in [0.1, 0.15) is 46.1 Å². The van der Waals surface area contributed by atoms with Gasteiger partial charge in [-0.15, -0.1) is 12.4 Å². The summed E-state index contributed by atoms with van der Waals surface area (Å²) in [4.78, 5) is 11.5. The first-order valence-corrected chi connectivity index (χ1v) is 7.54. The van der Waals surface area contributed by atoms with Gasteiger partial charge in [-0.25, -0.2) is 0 Å². The lowest BCUT2D eigenvalue weighted by Gasteiger charge is -2.19. The molecule has 0 radical (unpaired) electrons. The molecule has 0 heterocycles. The first kappa shape index (κ1) is 20.7. The van der Waals surface area contributed by atoms with Crippen LogP contribution >= 0.6 is 12.4 Å². The number of carbonyl (C=O) groups excluding carboxylic acids is 1. The van der Waals surface area contributed by atoms with E-state index in [-0.39, 0.29) is 29.8 Å². The highest BCUT2D eigenvalue weighted by Gasteiger charge is 2.13. The zero-order valence-electron chi connectivity index (χ0n) is 14.0. The van der Waals surface area contributed by atoms with E-state index in [2.05, 4.69) is 38.2 Å². The number of rotatable bonds is 7. The first-order chi connectivity index (χ1) is 9.79. The second-order valence-electron chi connectivity index (χ2n) is 6.49. The number of ether oxygens (including phenoxy) is 1. The van der Waals surface area contributed by atoms with Crippen LogP contribution in [-0.2, 0) is 10.2 Å². The third-order valence-corrected chi connectivity index (χ3v) is 3.22. The quantitative estimate of drug-likeness (QED) is 0.756. The van der Waals surface area contributed by atoms with Gasteiger partial charge in [-0.1, -0.05) is 32.9 Å². The summed E-state index contributed by atoms with van der Waals surface area (Å²) in [5.74, 6) is 0.867. The molecular formula is C17H29ClN2O2. The zero-order chi connectivity index (χ0) is 15.9. The van der Waals surface area contributed by atoms with Gasteiger partial charge in [0.25, 0.3) is 0 Å². The van der Waals surface area contributed by atoms with Crippen LogP contribution in [0.2, 0.25) is 0 Å². The molecule has 1 amide bonds. The Labute approximate surface area is 140 Å². The molecule has 0 fully saturated rings. The Morgan fingerprint density at radius 1 is 1.36 bits per heavy atom. The molecule has 1 unspecified atom stereocenters. The molecule has 5 heteroatoms. The fourth-order valence-electron chi connectivity index (χ4n) is 1.86. The van der Waals surface area contributed by atoms with Crippen LogP contribution in [0.5, 0.6) is 5.75 Å². The van der Waals surface area contributed by atoms with Crippen LogP contribution < -0.4 is 15.8 Å². The predicted molar refractivity (Wildman–Crippen MR) is 93.8 cm³/mol. The van der Waals surface area contributed by atoms with Crippen molar-refractivity contribution in [2.75, 3.05) is 13.2 Å². The van der Waals surface area contributed by atoms with E-state index in [4.69, 9.17) is 10.5 Å². The number of nitrogens with two attached hydrogens (primary N) is 1. The molecule has 0 aliphatic rings. The number of benzene rings is 1. The highest BCUT2D eigenvalue weighted by atomic mass is 35.5. The van der Waals surface area contributed by atoms with E-state index in [1.807, 2.05) is 19.1 Å². The molecule has 1 rings (SSSR count). The van der Waals surface area contributed by atoms with Crippen molar-refractivity contribution in [3.63, 3.8) is 0 Å². The van der Waals surface area contributed by atoms with E-state index >= 15 is 0 Å². The van der Waals surface area contributed by atoms with Crippen LogP contribution in [0.4, 0.5) is 0 Å². The fraction of sp³-hybridized carbons (Fsp3) is 0.588. The number of hydrogen-bond donors (Lipinski definition) is 2. The third kappa shape index (κ3) is 8.25. The molecule has 22 heavy (non-hydrogen) atoms. The molecule has 0 aliphatic carbocycles. The van der Waals surface area contributed by atoms with Crippen molar-refractivity contribution in [3.05, 3.63) is 29.8 Å². The normalized spacial score (nSPS) is 12.2. The Balaban J connectivity index is 0.00000441. The second kappa shape index (κ2) is 9.70. The van der Waals surface area contributed by atoms with Crippen molar-refractivity contribution >= 4 is 18.3 Å². The van der Waals surface area contributed by atoms with Gasteiger partial charge in [0.1, 0.15) is 12.4 Å². The summed E-state index contributed by atoms with van der Waals surface area (Å²) in [5.41, 5.74) is 6.96. The Morgan fingerprint density at radius 3 is 2.64 bits per heavy atom. The van der Waals surface area contributed by atoms with Crippen LogP contribution in [0.25, 0.3) is 0 Å². The van der Waals surface area contributed by atoms with Gasteiger partial charge in [-0.2, -0.15) is 0 Å². The minimum Gasteiger partial charge on any atom is -0.492 e. The van der Waals surface area contributed by atoms with E-state index < -0.39 is 0 Å². The highest BCUT2D eigenvalue weighted by Crippen LogP contribution is 2.25. The number of amides is 1. The lowest BCUT2D eigenvalue weighted by Crippen LogP contribution is -2.29. The van der Waals surface area contributed by atoms with Crippen LogP contribution in [0.3, 0.4) is 0 Å². The van der Waals surface area contributed by atoms with E-state index in [1.165, 1.54) is 5.56 Å². The smallest absolute Gasteiger partial charge is 0.220 e. The molecular weight excluding hydrogens is 300 g/mol. The molecule has 0 saturated carbocycles. The van der Waals surface area contributed by atoms with E-state index in [1.54, 1.807) is 0 Å². The van der Waals surface area contributed by atoms with Crippen molar-refractivity contribution in [2.24, 2.45) is 5.73 Å². The van der Waals surface area contributed by atoms with Gasteiger partial charge < -0.3 is 15.8 Å². The standard InChI is InChI=1S/C17H28N2O2.ClH/c1-13(18)8-9-16(20)19-10-11-21-15-7-5-6-14(12-15)17(2,3)4;/h5-7,12-13H,8-11,18H2,1-4H3,(H,19,20);1H. The Morgan fingerprint density at radius 2 is 2.05 bits per heavy atom. The van der Waals surface area contributed by atoms with E-state index in [9.17, 15) is 4.79 Å². The summed E-state index contributed by atoms with van der Waals surface area (Å²) >= 11 is 0. The van der Waals surface area contributed by atoms with Gasteiger partial charge in [0.2, 0.25) is 5.91 Å². The molecule has 3 N–H and O–H groups in total. The van der Waals surface area contributed by atoms with E-state index in [0.29, 0.717) is 26.0 Å². The van der Waals surface area contributed by atoms with Crippen molar-refractivity contribution in [1.82, 2.24) is 5.32 Å². The van der Waals surface area contributed by atoms with Gasteiger partial charge in [0.05, 0.1) is 6.54 Å². The minimum absolute atomic E-state index is 0. The van der Waals surface area contributed by atoms with Crippen molar-refractivity contribution in [2.45, 2.75) is 52.0 Å². The number of halogens is 1. The van der Waals surface area contributed by atoms with Crippen LogP contribution in [0.15, 0.2) is 24.3 Å². The molecule has 0 bridgehead atoms. The molecule has 1 aromatic carbocycles. The van der Waals surface area contributed by atoms with Crippen molar-refractivity contribution in [3.8, 4) is 5.75 Å². The third-order valence-electron chi connectivity index (χ3n) is 3.22. The topological polar surface area (TPSA) is 64.4 Å². The summed E-state index contributed by atoms with van der Waals surface area (Å²) in [5, 5.41) is 2.83. The molecule has 1 aromatic rings. The van der Waals surface area contributed by atoms with E-state index in [0.717, 1.165) is 5.75 Å². The van der Waals surface area contributed by atoms with Crippen molar-refractivity contribution < 1.29 is 9.53 Å². The maximum absolute atomic E-state index is 11.5. The first-order valence-electron chi connectivity index (χ1n) is 7.54. The van der Waals surface area contributed by atoms with Crippen LogP contribution in [-0.4, -0.2) is 25.1 Å². The average molecular weight is 329 g/mol. The molecule has 0 spiro atoms. The van der Waals surface area contributed by atoms with Gasteiger partial charge in [-0.05, 0) is 36.5 Å². The Bertz CT molecular complexity index is 456. The lowest BCUT2D eigenvalue weighted by molar-refractivity contribution is -0.121. The highest BCUT2D eigenvalue weighted by molar-refractivity contribution is 5.85. The number of hydrogen-bond acceptors (Lipinski definition) is 3. The zero-order valence-corrected chi connectivity index (χ0v) is 14.8. The van der Waals surface area contributed by atoms with Crippen LogP contribution in [0, 0.1) is 0 Å².